The van der Waals surface area contributed by atoms with Crippen LogP contribution in [0.2, 0.25) is 0 Å². The minimum atomic E-state index is -0.399. The molecule has 1 saturated carbocycles. The van der Waals surface area contributed by atoms with Crippen LogP contribution in [0, 0.1) is 11.3 Å². The Morgan fingerprint density at radius 3 is 2.33 bits per heavy atom. The third-order valence-electron chi connectivity index (χ3n) is 4.29. The van der Waals surface area contributed by atoms with Crippen molar-refractivity contribution in [3.8, 4) is 0 Å². The van der Waals surface area contributed by atoms with Crippen LogP contribution < -0.4 is 0 Å². The summed E-state index contributed by atoms with van der Waals surface area (Å²) in [6.45, 7) is 9.73. The van der Waals surface area contributed by atoms with Gasteiger partial charge in [0.25, 0.3) is 0 Å². The van der Waals surface area contributed by atoms with Gasteiger partial charge in [-0.15, -0.1) is 0 Å². The van der Waals surface area contributed by atoms with Crippen LogP contribution in [0.3, 0.4) is 0 Å². The molecule has 2 aliphatic rings. The Labute approximate surface area is 109 Å². The van der Waals surface area contributed by atoms with Crippen LogP contribution in [-0.2, 0) is 9.59 Å². The normalized spacial score (nSPS) is 30.9. The zero-order valence-corrected chi connectivity index (χ0v) is 11.9. The van der Waals surface area contributed by atoms with E-state index in [2.05, 4.69) is 4.90 Å². The number of allylic oxidation sites excluding steroid dienone is 2. The maximum atomic E-state index is 12.5. The Morgan fingerprint density at radius 1 is 1.22 bits per heavy atom. The van der Waals surface area contributed by atoms with Gasteiger partial charge in [0.05, 0.1) is 5.57 Å². The van der Waals surface area contributed by atoms with Gasteiger partial charge in [0.15, 0.2) is 11.6 Å². The molecule has 2 rings (SSSR count). The van der Waals surface area contributed by atoms with E-state index < -0.39 is 5.41 Å². The maximum Gasteiger partial charge on any atom is 0.173 e. The first-order chi connectivity index (χ1) is 8.34. The zero-order valence-electron chi connectivity index (χ0n) is 11.9. The highest BCUT2D eigenvalue weighted by Crippen LogP contribution is 2.38. The summed E-state index contributed by atoms with van der Waals surface area (Å²) in [6.07, 6.45) is 2.99. The highest BCUT2D eigenvalue weighted by Gasteiger charge is 2.43. The van der Waals surface area contributed by atoms with Crippen molar-refractivity contribution in [3.05, 3.63) is 11.3 Å². The Balaban J connectivity index is 2.41. The number of nitrogens with zero attached hydrogens (tertiary/aromatic N) is 1. The van der Waals surface area contributed by atoms with Gasteiger partial charge in [0, 0.05) is 30.1 Å². The predicted molar refractivity (Wildman–Crippen MR) is 71.1 cm³/mol. The van der Waals surface area contributed by atoms with Crippen LogP contribution in [0.1, 0.15) is 47.0 Å². The lowest BCUT2D eigenvalue weighted by Gasteiger charge is -2.35. The first-order valence-electron chi connectivity index (χ1n) is 6.89. The lowest BCUT2D eigenvalue weighted by atomic mass is 9.68. The molecule has 100 valence electrons. The maximum absolute atomic E-state index is 12.5. The summed E-state index contributed by atoms with van der Waals surface area (Å²) < 4.78 is 0. The molecule has 0 amide bonds. The SMILES string of the molecule is C/C(=C1\C(=O)C(C)CC(C)(C)C1=O)N1CCCC1. The van der Waals surface area contributed by atoms with Crippen LogP contribution in [0.15, 0.2) is 11.3 Å². The Hall–Kier alpha value is -1.12. The summed E-state index contributed by atoms with van der Waals surface area (Å²) in [7, 11) is 0. The van der Waals surface area contributed by atoms with Crippen LogP contribution in [0.5, 0.6) is 0 Å². The van der Waals surface area contributed by atoms with E-state index in [0.717, 1.165) is 31.6 Å². The first kappa shape index (κ1) is 13.3. The molecule has 0 aromatic rings. The minimum Gasteiger partial charge on any atom is -0.374 e. The zero-order chi connectivity index (χ0) is 13.5. The number of carbonyl (C=O) groups is 2. The van der Waals surface area contributed by atoms with Crippen molar-refractivity contribution < 1.29 is 9.59 Å². The molecule has 0 aromatic heterocycles. The van der Waals surface area contributed by atoms with E-state index >= 15 is 0 Å². The molecular formula is C15H23NO2. The minimum absolute atomic E-state index is 0.0368. The van der Waals surface area contributed by atoms with E-state index in [1.54, 1.807) is 0 Å². The molecule has 1 heterocycles. The topological polar surface area (TPSA) is 37.4 Å². The molecule has 1 aliphatic heterocycles. The molecule has 3 heteroatoms. The average Bonchev–Trinajstić information content (AvgIpc) is 2.79. The number of hydrogen-bond donors (Lipinski definition) is 0. The van der Waals surface area contributed by atoms with E-state index in [0.29, 0.717) is 12.0 Å². The molecule has 0 bridgehead atoms. The number of rotatable bonds is 1. The Kier molecular flexibility index (Phi) is 3.35. The van der Waals surface area contributed by atoms with Gasteiger partial charge in [-0.25, -0.2) is 0 Å². The molecule has 0 N–H and O–H groups in total. The van der Waals surface area contributed by atoms with Crippen LogP contribution in [0.25, 0.3) is 0 Å². The van der Waals surface area contributed by atoms with Gasteiger partial charge in [0.1, 0.15) is 0 Å². The van der Waals surface area contributed by atoms with Gasteiger partial charge < -0.3 is 4.90 Å². The van der Waals surface area contributed by atoms with Crippen molar-refractivity contribution in [2.24, 2.45) is 11.3 Å². The first-order valence-corrected chi connectivity index (χ1v) is 6.89. The number of ketones is 2. The van der Waals surface area contributed by atoms with E-state index in [1.807, 2.05) is 27.7 Å². The van der Waals surface area contributed by atoms with Crippen molar-refractivity contribution in [1.82, 2.24) is 4.90 Å². The van der Waals surface area contributed by atoms with Gasteiger partial charge in [-0.1, -0.05) is 20.8 Å². The summed E-state index contributed by atoms with van der Waals surface area (Å²) in [4.78, 5) is 27.0. The summed E-state index contributed by atoms with van der Waals surface area (Å²) in [5, 5.41) is 0. The van der Waals surface area contributed by atoms with Gasteiger partial charge in [-0.05, 0) is 26.2 Å². The largest absolute Gasteiger partial charge is 0.374 e. The summed E-state index contributed by atoms with van der Waals surface area (Å²) >= 11 is 0. The molecule has 1 unspecified atom stereocenters. The van der Waals surface area contributed by atoms with Crippen molar-refractivity contribution in [2.45, 2.75) is 47.0 Å². The van der Waals surface area contributed by atoms with Crippen LogP contribution in [-0.4, -0.2) is 29.6 Å². The van der Waals surface area contributed by atoms with E-state index in [1.165, 1.54) is 0 Å². The number of hydrogen-bond acceptors (Lipinski definition) is 3. The third kappa shape index (κ3) is 2.11. The van der Waals surface area contributed by atoms with Crippen molar-refractivity contribution in [1.29, 1.82) is 0 Å². The molecule has 0 radical (unpaired) electrons. The molecule has 1 saturated heterocycles. The molecule has 18 heavy (non-hydrogen) atoms. The Bertz CT molecular complexity index is 414. The van der Waals surface area contributed by atoms with Crippen LogP contribution in [0.4, 0.5) is 0 Å². The fourth-order valence-corrected chi connectivity index (χ4v) is 3.20. The molecule has 0 aromatic carbocycles. The predicted octanol–water partition coefficient (Wildman–Crippen LogP) is 2.56. The molecule has 0 spiro atoms. The number of likely N-dealkylation sites (tertiary alicyclic amines) is 1. The van der Waals surface area contributed by atoms with Gasteiger partial charge in [-0.2, -0.15) is 0 Å². The smallest absolute Gasteiger partial charge is 0.173 e. The van der Waals surface area contributed by atoms with E-state index in [9.17, 15) is 9.59 Å². The fraction of sp³-hybridized carbons (Fsp3) is 0.733. The lowest BCUT2D eigenvalue weighted by Crippen LogP contribution is -2.41. The second-order valence-electron chi connectivity index (χ2n) is 6.34. The Morgan fingerprint density at radius 2 is 1.78 bits per heavy atom. The standard InChI is InChI=1S/C15H23NO2/c1-10-9-15(3,4)14(18)12(13(10)17)11(2)16-7-5-6-8-16/h10H,5-9H2,1-4H3/b12-11-. The number of Topliss-reactive ketones (excluding diaryl/α,β-unsaturated/α-hetero) is 2. The van der Waals surface area contributed by atoms with Crippen molar-refractivity contribution in [3.63, 3.8) is 0 Å². The van der Waals surface area contributed by atoms with Gasteiger partial charge in [0.2, 0.25) is 0 Å². The lowest BCUT2D eigenvalue weighted by molar-refractivity contribution is -0.133. The number of carbonyl (C=O) groups excluding carboxylic acids is 2. The molecule has 3 nitrogen and oxygen atoms in total. The third-order valence-corrected chi connectivity index (χ3v) is 4.29. The molecule has 1 aliphatic carbocycles. The van der Waals surface area contributed by atoms with Crippen LogP contribution >= 0.6 is 0 Å². The summed E-state index contributed by atoms with van der Waals surface area (Å²) in [5.74, 6) is 0.0454. The quantitative estimate of drug-likeness (QED) is 0.529. The molecule has 2 fully saturated rings. The van der Waals surface area contributed by atoms with Crippen molar-refractivity contribution in [2.75, 3.05) is 13.1 Å². The average molecular weight is 249 g/mol. The molecular weight excluding hydrogens is 226 g/mol. The fourth-order valence-electron chi connectivity index (χ4n) is 3.20. The van der Waals surface area contributed by atoms with Gasteiger partial charge >= 0.3 is 0 Å². The summed E-state index contributed by atoms with van der Waals surface area (Å²) in [6, 6.07) is 0. The highest BCUT2D eigenvalue weighted by molar-refractivity contribution is 6.24. The molecule has 1 atom stereocenters. The van der Waals surface area contributed by atoms with Gasteiger partial charge in [-0.3, -0.25) is 9.59 Å². The van der Waals surface area contributed by atoms with Crippen molar-refractivity contribution >= 4 is 11.6 Å². The monoisotopic (exact) mass is 249 g/mol. The van der Waals surface area contributed by atoms with E-state index in [4.69, 9.17) is 0 Å². The second kappa shape index (κ2) is 4.52. The second-order valence-corrected chi connectivity index (χ2v) is 6.34. The highest BCUT2D eigenvalue weighted by atomic mass is 16.2. The van der Waals surface area contributed by atoms with E-state index in [-0.39, 0.29) is 17.5 Å². The summed E-state index contributed by atoms with van der Waals surface area (Å²) in [5.41, 5.74) is 0.978.